The minimum Gasteiger partial charge on any atom is -0.350 e. The van der Waals surface area contributed by atoms with Gasteiger partial charge >= 0.3 is 0 Å². The van der Waals surface area contributed by atoms with Gasteiger partial charge in [0.05, 0.1) is 0 Å². The number of anilines is 2. The molecule has 130 valence electrons. The first-order valence-electron chi connectivity index (χ1n) is 8.83. The molecule has 0 saturated carbocycles. The van der Waals surface area contributed by atoms with Crippen molar-refractivity contribution in [3.8, 4) is 0 Å². The van der Waals surface area contributed by atoms with Crippen LogP contribution in [0.15, 0.2) is 48.3 Å². The van der Waals surface area contributed by atoms with E-state index in [1.807, 2.05) is 31.2 Å². The molecule has 0 spiro atoms. The second-order valence-electron chi connectivity index (χ2n) is 6.34. The van der Waals surface area contributed by atoms with Crippen molar-refractivity contribution in [1.82, 2.24) is 15.3 Å². The standard InChI is InChI=1S/C20H24N4O/c1-15-7-5-6-10-17(15)24-19-13-18(22-14-23-19)20(25)21-12-11-16-8-3-2-4-9-16/h5-8,10,13-14H,2-4,9,11-12H2,1H3,(H,21,25)(H,22,23,24). The molecule has 1 aliphatic carbocycles. The van der Waals surface area contributed by atoms with Gasteiger partial charge in [-0.3, -0.25) is 4.79 Å². The van der Waals surface area contributed by atoms with Crippen LogP contribution in [0.25, 0.3) is 0 Å². The summed E-state index contributed by atoms with van der Waals surface area (Å²) < 4.78 is 0. The van der Waals surface area contributed by atoms with Crippen molar-refractivity contribution in [2.24, 2.45) is 0 Å². The fourth-order valence-electron chi connectivity index (χ4n) is 2.96. The Labute approximate surface area is 148 Å². The van der Waals surface area contributed by atoms with Crippen LogP contribution in [0.2, 0.25) is 0 Å². The van der Waals surface area contributed by atoms with Crippen LogP contribution < -0.4 is 10.6 Å². The number of nitrogens with one attached hydrogen (secondary N) is 2. The van der Waals surface area contributed by atoms with Crippen molar-refractivity contribution in [1.29, 1.82) is 0 Å². The first kappa shape index (κ1) is 17.1. The second-order valence-corrected chi connectivity index (χ2v) is 6.34. The molecule has 2 aromatic rings. The van der Waals surface area contributed by atoms with Crippen molar-refractivity contribution in [3.63, 3.8) is 0 Å². The average molecular weight is 336 g/mol. The molecule has 2 N–H and O–H groups in total. The number of allylic oxidation sites excluding steroid dienone is 1. The van der Waals surface area contributed by atoms with Crippen molar-refractivity contribution < 1.29 is 4.79 Å². The molecule has 3 rings (SSSR count). The summed E-state index contributed by atoms with van der Waals surface area (Å²) >= 11 is 0. The number of amides is 1. The SMILES string of the molecule is Cc1ccccc1Nc1cc(C(=O)NCCC2=CCCCC2)ncn1. The average Bonchev–Trinajstić information content (AvgIpc) is 2.65. The number of benzene rings is 1. The summed E-state index contributed by atoms with van der Waals surface area (Å²) in [6, 6.07) is 9.64. The predicted molar refractivity (Wildman–Crippen MR) is 100.0 cm³/mol. The van der Waals surface area contributed by atoms with Gasteiger partial charge in [-0.2, -0.15) is 0 Å². The third kappa shape index (κ3) is 4.89. The molecule has 1 aliphatic rings. The smallest absolute Gasteiger partial charge is 0.270 e. The molecule has 5 nitrogen and oxygen atoms in total. The van der Waals surface area contributed by atoms with E-state index in [0.29, 0.717) is 18.1 Å². The van der Waals surface area contributed by atoms with Gasteiger partial charge in [-0.05, 0) is 50.7 Å². The normalized spacial score (nSPS) is 13.9. The molecule has 5 heteroatoms. The zero-order valence-corrected chi connectivity index (χ0v) is 14.6. The summed E-state index contributed by atoms with van der Waals surface area (Å²) in [5.41, 5.74) is 3.92. The number of carbonyl (C=O) groups excluding carboxylic acids is 1. The zero-order chi connectivity index (χ0) is 17.5. The fourth-order valence-corrected chi connectivity index (χ4v) is 2.96. The molecular weight excluding hydrogens is 312 g/mol. The van der Waals surface area contributed by atoms with E-state index in [1.165, 1.54) is 31.2 Å². The first-order chi connectivity index (χ1) is 12.2. The molecule has 0 unspecified atom stereocenters. The lowest BCUT2D eigenvalue weighted by atomic mass is 9.97. The molecule has 0 fully saturated rings. The number of para-hydroxylation sites is 1. The van der Waals surface area contributed by atoms with Gasteiger partial charge in [-0.15, -0.1) is 0 Å². The van der Waals surface area contributed by atoms with Crippen molar-refractivity contribution in [2.75, 3.05) is 11.9 Å². The van der Waals surface area contributed by atoms with Crippen LogP contribution in [0.5, 0.6) is 0 Å². The van der Waals surface area contributed by atoms with Gasteiger partial charge in [0, 0.05) is 18.3 Å². The quantitative estimate of drug-likeness (QED) is 0.778. The van der Waals surface area contributed by atoms with E-state index in [-0.39, 0.29) is 5.91 Å². The monoisotopic (exact) mass is 336 g/mol. The van der Waals surface area contributed by atoms with Gasteiger partial charge in [-0.1, -0.05) is 29.8 Å². The lowest BCUT2D eigenvalue weighted by Crippen LogP contribution is -2.26. The van der Waals surface area contributed by atoms with Gasteiger partial charge < -0.3 is 10.6 Å². The van der Waals surface area contributed by atoms with E-state index in [4.69, 9.17) is 0 Å². The van der Waals surface area contributed by atoms with Gasteiger partial charge in [0.1, 0.15) is 17.8 Å². The maximum absolute atomic E-state index is 12.3. The van der Waals surface area contributed by atoms with Crippen LogP contribution >= 0.6 is 0 Å². The highest BCUT2D eigenvalue weighted by Crippen LogP contribution is 2.20. The lowest BCUT2D eigenvalue weighted by Gasteiger charge is -2.13. The van der Waals surface area contributed by atoms with Crippen LogP contribution in [0.4, 0.5) is 11.5 Å². The predicted octanol–water partition coefficient (Wildman–Crippen LogP) is 4.15. The summed E-state index contributed by atoms with van der Waals surface area (Å²) in [5.74, 6) is 0.455. The number of nitrogens with zero attached hydrogens (tertiary/aromatic N) is 2. The van der Waals surface area contributed by atoms with Crippen LogP contribution in [0, 0.1) is 6.92 Å². The van der Waals surface area contributed by atoms with Crippen molar-refractivity contribution >= 4 is 17.4 Å². The third-order valence-corrected chi connectivity index (χ3v) is 4.42. The molecule has 1 aromatic heterocycles. The Kier molecular flexibility index (Phi) is 5.77. The minimum atomic E-state index is -0.161. The van der Waals surface area contributed by atoms with Crippen LogP contribution in [-0.4, -0.2) is 22.4 Å². The van der Waals surface area contributed by atoms with Crippen molar-refractivity contribution in [2.45, 2.75) is 39.0 Å². The third-order valence-electron chi connectivity index (χ3n) is 4.42. The molecule has 0 bridgehead atoms. The molecule has 1 amide bonds. The number of aryl methyl sites for hydroxylation is 1. The van der Waals surface area contributed by atoms with E-state index in [9.17, 15) is 4.79 Å². The maximum Gasteiger partial charge on any atom is 0.270 e. The molecule has 0 atom stereocenters. The second kappa shape index (κ2) is 8.42. The fraction of sp³-hybridized carbons (Fsp3) is 0.350. The van der Waals surface area contributed by atoms with Gasteiger partial charge in [0.2, 0.25) is 0 Å². The van der Waals surface area contributed by atoms with E-state index < -0.39 is 0 Å². The Morgan fingerprint density at radius 1 is 1.20 bits per heavy atom. The zero-order valence-electron chi connectivity index (χ0n) is 14.6. The molecule has 0 radical (unpaired) electrons. The highest BCUT2D eigenvalue weighted by Gasteiger charge is 2.10. The molecule has 0 saturated heterocycles. The summed E-state index contributed by atoms with van der Waals surface area (Å²) in [4.78, 5) is 20.6. The summed E-state index contributed by atoms with van der Waals surface area (Å²) in [7, 11) is 0. The molecule has 0 aliphatic heterocycles. The first-order valence-corrected chi connectivity index (χ1v) is 8.83. The van der Waals surface area contributed by atoms with Gasteiger partial charge in [0.25, 0.3) is 5.91 Å². The number of aromatic nitrogens is 2. The molecule has 1 aromatic carbocycles. The maximum atomic E-state index is 12.3. The number of carbonyl (C=O) groups is 1. The Hall–Kier alpha value is -2.69. The van der Waals surface area contributed by atoms with Crippen LogP contribution in [0.1, 0.15) is 48.2 Å². The summed E-state index contributed by atoms with van der Waals surface area (Å²) in [5, 5.41) is 6.19. The molecular formula is C20H24N4O. The van der Waals surface area contributed by atoms with E-state index in [1.54, 1.807) is 6.07 Å². The Bertz CT molecular complexity index is 770. The van der Waals surface area contributed by atoms with E-state index >= 15 is 0 Å². The lowest BCUT2D eigenvalue weighted by molar-refractivity contribution is 0.0949. The van der Waals surface area contributed by atoms with Crippen molar-refractivity contribution in [3.05, 3.63) is 59.6 Å². The Morgan fingerprint density at radius 3 is 2.88 bits per heavy atom. The van der Waals surface area contributed by atoms with E-state index in [2.05, 4.69) is 26.7 Å². The minimum absolute atomic E-state index is 0.161. The topological polar surface area (TPSA) is 66.9 Å². The Balaban J connectivity index is 1.57. The number of hydrogen-bond acceptors (Lipinski definition) is 4. The van der Waals surface area contributed by atoms with Gasteiger partial charge in [-0.25, -0.2) is 9.97 Å². The molecule has 1 heterocycles. The number of rotatable bonds is 6. The highest BCUT2D eigenvalue weighted by atomic mass is 16.1. The Morgan fingerprint density at radius 2 is 2.08 bits per heavy atom. The highest BCUT2D eigenvalue weighted by molar-refractivity contribution is 5.93. The number of hydrogen-bond donors (Lipinski definition) is 2. The summed E-state index contributed by atoms with van der Waals surface area (Å²) in [6.07, 6.45) is 9.53. The van der Waals surface area contributed by atoms with Crippen LogP contribution in [0.3, 0.4) is 0 Å². The van der Waals surface area contributed by atoms with E-state index in [0.717, 1.165) is 24.1 Å². The molecule has 25 heavy (non-hydrogen) atoms. The van der Waals surface area contributed by atoms with Gasteiger partial charge in [0.15, 0.2) is 0 Å². The largest absolute Gasteiger partial charge is 0.350 e. The van der Waals surface area contributed by atoms with Crippen LogP contribution in [-0.2, 0) is 0 Å². The summed E-state index contributed by atoms with van der Waals surface area (Å²) in [6.45, 7) is 2.67.